The third-order valence-electron chi connectivity index (χ3n) is 4.78. The van der Waals surface area contributed by atoms with E-state index in [4.69, 9.17) is 17.0 Å². The summed E-state index contributed by atoms with van der Waals surface area (Å²) in [5.74, 6) is -0.758. The maximum atomic E-state index is 12.8. The van der Waals surface area contributed by atoms with Gasteiger partial charge in [0.15, 0.2) is 0 Å². The maximum absolute atomic E-state index is 12.8. The van der Waals surface area contributed by atoms with Crippen LogP contribution in [0.5, 0.6) is 5.75 Å². The van der Waals surface area contributed by atoms with Gasteiger partial charge in [-0.05, 0) is 53.2 Å². The van der Waals surface area contributed by atoms with Gasteiger partial charge in [0.2, 0.25) is 5.11 Å². The Kier molecular flexibility index (Phi) is 5.86. The maximum Gasteiger partial charge on any atom is 0.279 e. The lowest BCUT2D eigenvalue weighted by Crippen LogP contribution is -2.33. The molecule has 3 aromatic rings. The molecule has 1 heterocycles. The molecule has 3 aromatic carbocycles. The first kappa shape index (κ1) is 20.4. The average Bonchev–Trinajstić information content (AvgIpc) is 3.07. The number of carboxylic acids is 1. The van der Waals surface area contributed by atoms with Crippen LogP contribution in [0.3, 0.4) is 0 Å². The molecule has 0 aliphatic carbocycles. The van der Waals surface area contributed by atoms with E-state index < -0.39 is 5.97 Å². The van der Waals surface area contributed by atoms with Crippen molar-refractivity contribution in [1.29, 1.82) is 0 Å². The summed E-state index contributed by atoms with van der Waals surface area (Å²) in [6, 6.07) is 22.9. The van der Waals surface area contributed by atoms with Gasteiger partial charge in [-0.3, -0.25) is 9.69 Å². The normalized spacial score (nSPS) is 13.3. The summed E-state index contributed by atoms with van der Waals surface area (Å²) in [6.07, 6.45) is 0.368. The highest BCUT2D eigenvalue weighted by Crippen LogP contribution is 2.22. The molecule has 0 aromatic heterocycles. The van der Waals surface area contributed by atoms with Crippen LogP contribution in [0, 0.1) is 0 Å². The zero-order valence-electron chi connectivity index (χ0n) is 16.4. The Morgan fingerprint density at radius 2 is 1.58 bits per heavy atom. The summed E-state index contributed by atoms with van der Waals surface area (Å²) < 4.78 is 5.74. The highest BCUT2D eigenvalue weighted by molar-refractivity contribution is 7.80. The molecule has 4 rings (SSSR count). The number of aliphatic imine (C=N–C) groups is 1. The molecule has 0 N–H and O–H groups in total. The number of thiocarbonyl (C=S) groups is 1. The van der Waals surface area contributed by atoms with E-state index in [0.29, 0.717) is 30.2 Å². The standard InChI is InChI=1S/C24H18N2O4S/c27-22-21(25-24(31)26(22)19-4-2-1-3-5-19)14-16-8-12-20(13-9-16)30-15-17-6-10-18(11-7-17)23(28)29/h1-13H,14-15H2,(H,28,29)/p-1. The molecular formula is C24H17N2O4S-. The van der Waals surface area contributed by atoms with E-state index in [0.717, 1.165) is 11.1 Å². The number of para-hydroxylation sites is 1. The van der Waals surface area contributed by atoms with E-state index >= 15 is 0 Å². The van der Waals surface area contributed by atoms with Gasteiger partial charge in [0.1, 0.15) is 18.1 Å². The number of hydrogen-bond donors (Lipinski definition) is 0. The van der Waals surface area contributed by atoms with Crippen LogP contribution in [0.4, 0.5) is 5.69 Å². The number of carbonyl (C=O) groups excluding carboxylic acids is 2. The molecule has 0 saturated carbocycles. The van der Waals surface area contributed by atoms with Crippen LogP contribution in [0.25, 0.3) is 0 Å². The Balaban J connectivity index is 1.36. The van der Waals surface area contributed by atoms with Crippen LogP contribution >= 0.6 is 12.2 Å². The zero-order valence-corrected chi connectivity index (χ0v) is 17.2. The largest absolute Gasteiger partial charge is 0.545 e. The lowest BCUT2D eigenvalue weighted by atomic mass is 10.1. The smallest absolute Gasteiger partial charge is 0.279 e. The average molecular weight is 429 g/mol. The van der Waals surface area contributed by atoms with Crippen LogP contribution in [0.15, 0.2) is 83.9 Å². The van der Waals surface area contributed by atoms with Crippen molar-refractivity contribution in [1.82, 2.24) is 0 Å². The van der Waals surface area contributed by atoms with Crippen molar-refractivity contribution in [3.8, 4) is 5.75 Å². The van der Waals surface area contributed by atoms with Gasteiger partial charge in [-0.1, -0.05) is 54.6 Å². The highest BCUT2D eigenvalue weighted by Gasteiger charge is 2.31. The molecule has 1 amide bonds. The topological polar surface area (TPSA) is 82.0 Å². The van der Waals surface area contributed by atoms with Gasteiger partial charge < -0.3 is 14.6 Å². The second kappa shape index (κ2) is 8.89. The molecule has 1 aliphatic heterocycles. The lowest BCUT2D eigenvalue weighted by Gasteiger charge is -2.14. The number of ether oxygens (including phenoxy) is 1. The van der Waals surface area contributed by atoms with Gasteiger partial charge in [0.05, 0.1) is 11.7 Å². The molecular weight excluding hydrogens is 412 g/mol. The Morgan fingerprint density at radius 1 is 0.935 bits per heavy atom. The number of anilines is 1. The van der Waals surface area contributed by atoms with Crippen molar-refractivity contribution < 1.29 is 19.4 Å². The zero-order chi connectivity index (χ0) is 21.8. The summed E-state index contributed by atoms with van der Waals surface area (Å²) in [4.78, 5) is 29.3. The van der Waals surface area contributed by atoms with Crippen LogP contribution in [-0.4, -0.2) is 22.7 Å². The van der Waals surface area contributed by atoms with Gasteiger partial charge in [-0.25, -0.2) is 4.99 Å². The summed E-state index contributed by atoms with van der Waals surface area (Å²) >= 11 is 5.28. The molecule has 0 fully saturated rings. The highest BCUT2D eigenvalue weighted by atomic mass is 32.1. The molecule has 154 valence electrons. The number of aromatic carboxylic acids is 1. The number of benzene rings is 3. The number of hydrogen-bond acceptors (Lipinski definition) is 5. The van der Waals surface area contributed by atoms with Crippen LogP contribution < -0.4 is 14.7 Å². The van der Waals surface area contributed by atoms with Crippen LogP contribution in [-0.2, 0) is 17.8 Å². The number of amides is 1. The third-order valence-corrected chi connectivity index (χ3v) is 5.05. The van der Waals surface area contributed by atoms with Crippen molar-refractivity contribution in [3.05, 3.63) is 95.6 Å². The Hall–Kier alpha value is -3.84. The predicted molar refractivity (Wildman–Crippen MR) is 119 cm³/mol. The Bertz CT molecular complexity index is 1160. The molecule has 0 atom stereocenters. The second-order valence-corrected chi connectivity index (χ2v) is 7.28. The summed E-state index contributed by atoms with van der Waals surface area (Å²) in [5, 5.41) is 11.0. The molecule has 31 heavy (non-hydrogen) atoms. The predicted octanol–water partition coefficient (Wildman–Crippen LogP) is 2.94. The molecule has 6 nitrogen and oxygen atoms in total. The number of rotatable bonds is 7. The van der Waals surface area contributed by atoms with E-state index in [1.165, 1.54) is 17.0 Å². The Morgan fingerprint density at radius 3 is 2.23 bits per heavy atom. The molecule has 1 aliphatic rings. The monoisotopic (exact) mass is 429 g/mol. The second-order valence-electron chi connectivity index (χ2n) is 6.91. The van der Waals surface area contributed by atoms with E-state index in [2.05, 4.69) is 4.99 Å². The van der Waals surface area contributed by atoms with Crippen LogP contribution in [0.1, 0.15) is 21.5 Å². The lowest BCUT2D eigenvalue weighted by molar-refractivity contribution is -0.255. The fourth-order valence-electron chi connectivity index (χ4n) is 3.15. The quantitative estimate of drug-likeness (QED) is 0.540. The molecule has 0 bridgehead atoms. The van der Waals surface area contributed by atoms with Gasteiger partial charge >= 0.3 is 0 Å². The molecule has 0 unspecified atom stereocenters. The first-order valence-corrected chi connectivity index (χ1v) is 9.95. The first-order chi connectivity index (χ1) is 15.0. The van der Waals surface area contributed by atoms with E-state index in [-0.39, 0.29) is 16.6 Å². The van der Waals surface area contributed by atoms with Crippen molar-refractivity contribution >= 4 is 40.6 Å². The van der Waals surface area contributed by atoms with Gasteiger partial charge in [0, 0.05) is 6.42 Å². The van der Waals surface area contributed by atoms with E-state index in [9.17, 15) is 14.7 Å². The summed E-state index contributed by atoms with van der Waals surface area (Å²) in [6.45, 7) is 0.304. The van der Waals surface area contributed by atoms with E-state index in [1.807, 2.05) is 54.6 Å². The fourth-order valence-corrected chi connectivity index (χ4v) is 3.45. The number of nitrogens with zero attached hydrogens (tertiary/aromatic N) is 2. The van der Waals surface area contributed by atoms with Crippen molar-refractivity contribution in [2.45, 2.75) is 13.0 Å². The van der Waals surface area contributed by atoms with Gasteiger partial charge in [0.25, 0.3) is 5.91 Å². The molecule has 0 saturated heterocycles. The number of carbonyl (C=O) groups is 2. The minimum atomic E-state index is -1.21. The molecule has 0 radical (unpaired) electrons. The SMILES string of the molecule is O=C([O-])c1ccc(COc2ccc(CC3=NC(=S)N(c4ccccc4)C3=O)cc2)cc1. The minimum absolute atomic E-state index is 0.128. The fraction of sp³-hybridized carbons (Fsp3) is 0.0833. The first-order valence-electron chi connectivity index (χ1n) is 9.54. The van der Waals surface area contributed by atoms with Gasteiger partial charge in [-0.15, -0.1) is 0 Å². The van der Waals surface area contributed by atoms with Crippen molar-refractivity contribution in [2.24, 2.45) is 4.99 Å². The molecule has 0 spiro atoms. The van der Waals surface area contributed by atoms with Crippen molar-refractivity contribution in [3.63, 3.8) is 0 Å². The Labute approximate surface area is 184 Å². The number of carboxylic acid groups (broad SMARTS) is 1. The van der Waals surface area contributed by atoms with E-state index in [1.54, 1.807) is 12.1 Å². The third kappa shape index (κ3) is 4.67. The molecule has 7 heteroatoms. The van der Waals surface area contributed by atoms with Crippen LogP contribution in [0.2, 0.25) is 0 Å². The minimum Gasteiger partial charge on any atom is -0.545 e. The van der Waals surface area contributed by atoms with Crippen molar-refractivity contribution in [2.75, 3.05) is 4.90 Å². The summed E-state index contributed by atoms with van der Waals surface area (Å²) in [7, 11) is 0. The van der Waals surface area contributed by atoms with Gasteiger partial charge in [-0.2, -0.15) is 0 Å². The summed E-state index contributed by atoms with van der Waals surface area (Å²) in [5.41, 5.74) is 2.98.